The summed E-state index contributed by atoms with van der Waals surface area (Å²) in [6.45, 7) is 8.43. The minimum atomic E-state index is -3.52. The van der Waals surface area contributed by atoms with Crippen molar-refractivity contribution in [2.24, 2.45) is 0 Å². The number of morpholine rings is 1. The average Bonchev–Trinajstić information content (AvgIpc) is 2.53. The van der Waals surface area contributed by atoms with Gasteiger partial charge >= 0.3 is 0 Å². The number of nitrogens with zero attached hydrogens (tertiary/aromatic N) is 2. The number of carbonyl (C=O) groups excluding carboxylic acids is 1. The Morgan fingerprint density at radius 3 is 2.42 bits per heavy atom. The molecule has 2 rings (SSSR count). The Morgan fingerprint density at radius 2 is 1.85 bits per heavy atom. The molecule has 1 aromatic rings. The van der Waals surface area contributed by atoms with E-state index in [0.29, 0.717) is 32.0 Å². The first-order chi connectivity index (χ1) is 12.1. The highest BCUT2D eigenvalue weighted by Gasteiger charge is 2.25. The molecule has 1 heterocycles. The summed E-state index contributed by atoms with van der Waals surface area (Å²) in [6.07, 6.45) is 1.27. The van der Waals surface area contributed by atoms with Crippen molar-refractivity contribution in [3.8, 4) is 0 Å². The molecule has 1 aliphatic rings. The number of benzene rings is 1. The van der Waals surface area contributed by atoms with Crippen LogP contribution in [0.25, 0.3) is 0 Å². The van der Waals surface area contributed by atoms with Crippen molar-refractivity contribution in [3.63, 3.8) is 0 Å². The summed E-state index contributed by atoms with van der Waals surface area (Å²) < 4.78 is 31.5. The summed E-state index contributed by atoms with van der Waals surface area (Å²) in [6, 6.07) is 7.40. The van der Waals surface area contributed by atoms with Gasteiger partial charge in [0.05, 0.1) is 30.8 Å². The van der Waals surface area contributed by atoms with E-state index in [-0.39, 0.29) is 24.4 Å². The van der Waals surface area contributed by atoms with E-state index < -0.39 is 10.0 Å². The van der Waals surface area contributed by atoms with Crippen LogP contribution in [0.3, 0.4) is 0 Å². The Hall–Kier alpha value is -1.80. The van der Waals surface area contributed by atoms with Crippen LogP contribution in [0.1, 0.15) is 27.2 Å². The fourth-order valence-electron chi connectivity index (χ4n) is 2.90. The molecule has 1 N–H and O–H groups in total. The van der Waals surface area contributed by atoms with E-state index in [0.717, 1.165) is 5.69 Å². The highest BCUT2D eigenvalue weighted by molar-refractivity contribution is 7.92. The van der Waals surface area contributed by atoms with Crippen LogP contribution >= 0.6 is 0 Å². The van der Waals surface area contributed by atoms with E-state index in [1.54, 1.807) is 6.07 Å². The summed E-state index contributed by atoms with van der Waals surface area (Å²) in [7, 11) is -3.52. The lowest BCUT2D eigenvalue weighted by atomic mass is 10.1. The van der Waals surface area contributed by atoms with Crippen LogP contribution in [0.15, 0.2) is 24.3 Å². The van der Waals surface area contributed by atoms with Gasteiger partial charge in [-0.3, -0.25) is 9.10 Å². The van der Waals surface area contributed by atoms with Gasteiger partial charge in [0, 0.05) is 31.6 Å². The Morgan fingerprint density at radius 1 is 1.23 bits per heavy atom. The smallest absolute Gasteiger partial charge is 0.232 e. The molecule has 0 aliphatic carbocycles. The molecule has 146 valence electrons. The Bertz CT molecular complexity index is 722. The number of hydrogen-bond donors (Lipinski definition) is 1. The van der Waals surface area contributed by atoms with Gasteiger partial charge in [-0.15, -0.1) is 0 Å². The molecule has 0 atom stereocenters. The van der Waals surface area contributed by atoms with Gasteiger partial charge < -0.3 is 15.0 Å². The van der Waals surface area contributed by atoms with E-state index in [9.17, 15) is 13.2 Å². The highest BCUT2D eigenvalue weighted by Crippen LogP contribution is 2.31. The summed E-state index contributed by atoms with van der Waals surface area (Å²) >= 11 is 0. The molecule has 1 aromatic carbocycles. The molecule has 7 nitrogen and oxygen atoms in total. The van der Waals surface area contributed by atoms with Gasteiger partial charge in [-0.25, -0.2) is 8.42 Å². The molecule has 0 bridgehead atoms. The number of para-hydroxylation sites is 2. The van der Waals surface area contributed by atoms with Gasteiger partial charge in [-0.2, -0.15) is 0 Å². The summed E-state index contributed by atoms with van der Waals surface area (Å²) in [5.74, 6) is -0.171. The first-order valence-electron chi connectivity index (χ1n) is 8.78. The van der Waals surface area contributed by atoms with Gasteiger partial charge in [0.2, 0.25) is 15.9 Å². The second kappa shape index (κ2) is 8.26. The van der Waals surface area contributed by atoms with Crippen molar-refractivity contribution in [2.75, 3.05) is 48.3 Å². The summed E-state index contributed by atoms with van der Waals surface area (Å²) in [5.41, 5.74) is 1.09. The third-order valence-corrected chi connectivity index (χ3v) is 5.14. The topological polar surface area (TPSA) is 79.0 Å². The predicted octanol–water partition coefficient (Wildman–Crippen LogP) is 1.59. The maximum absolute atomic E-state index is 12.4. The molecule has 0 radical (unpaired) electrons. The number of nitrogens with one attached hydrogen (secondary N) is 1. The lowest BCUT2D eigenvalue weighted by Crippen LogP contribution is -2.43. The van der Waals surface area contributed by atoms with Crippen LogP contribution in [-0.4, -0.2) is 59.0 Å². The minimum Gasteiger partial charge on any atom is -0.378 e. The Kier molecular flexibility index (Phi) is 6.52. The minimum absolute atomic E-state index is 0.0990. The van der Waals surface area contributed by atoms with E-state index in [4.69, 9.17) is 4.74 Å². The maximum atomic E-state index is 12.4. The number of hydrogen-bond acceptors (Lipinski definition) is 5. The standard InChI is InChI=1S/C18H29N3O4S/c1-18(2,3)19-17(22)9-10-21(26(4,23)24)16-8-6-5-7-15(16)20-11-13-25-14-12-20/h5-8H,9-14H2,1-4H3,(H,19,22). The quantitative estimate of drug-likeness (QED) is 0.807. The van der Waals surface area contributed by atoms with Crippen LogP contribution in [0.4, 0.5) is 11.4 Å². The van der Waals surface area contributed by atoms with E-state index >= 15 is 0 Å². The molecule has 1 amide bonds. The Labute approximate surface area is 156 Å². The third kappa shape index (κ3) is 5.88. The normalized spacial score (nSPS) is 15.6. The monoisotopic (exact) mass is 383 g/mol. The molecule has 0 aromatic heterocycles. The maximum Gasteiger partial charge on any atom is 0.232 e. The lowest BCUT2D eigenvalue weighted by molar-refractivity contribution is -0.122. The zero-order valence-corrected chi connectivity index (χ0v) is 16.8. The number of amides is 1. The molecule has 1 aliphatic heterocycles. The number of carbonyl (C=O) groups is 1. The molecule has 26 heavy (non-hydrogen) atoms. The van der Waals surface area contributed by atoms with Gasteiger partial charge in [-0.1, -0.05) is 12.1 Å². The second-order valence-electron chi connectivity index (χ2n) is 7.47. The summed E-state index contributed by atoms with van der Waals surface area (Å²) in [5, 5.41) is 2.87. The van der Waals surface area contributed by atoms with Gasteiger partial charge in [0.15, 0.2) is 0 Å². The SMILES string of the molecule is CC(C)(C)NC(=O)CCN(c1ccccc1N1CCOCC1)S(C)(=O)=O. The van der Waals surface area contributed by atoms with Crippen molar-refractivity contribution in [2.45, 2.75) is 32.7 Å². The second-order valence-corrected chi connectivity index (χ2v) is 9.38. The van der Waals surface area contributed by atoms with Crippen LogP contribution in [0.2, 0.25) is 0 Å². The van der Waals surface area contributed by atoms with Crippen LogP contribution < -0.4 is 14.5 Å². The molecule has 0 unspecified atom stereocenters. The van der Waals surface area contributed by atoms with E-state index in [1.807, 2.05) is 39.0 Å². The van der Waals surface area contributed by atoms with Gasteiger partial charge in [0.1, 0.15) is 0 Å². The average molecular weight is 384 g/mol. The lowest BCUT2D eigenvalue weighted by Gasteiger charge is -2.33. The zero-order valence-electron chi connectivity index (χ0n) is 16.0. The largest absolute Gasteiger partial charge is 0.378 e. The van der Waals surface area contributed by atoms with Gasteiger partial charge in [-0.05, 0) is 32.9 Å². The number of ether oxygens (including phenoxy) is 1. The molecule has 1 saturated heterocycles. The fourth-order valence-corrected chi connectivity index (χ4v) is 3.83. The third-order valence-electron chi connectivity index (χ3n) is 3.96. The number of anilines is 2. The predicted molar refractivity (Wildman–Crippen MR) is 104 cm³/mol. The van der Waals surface area contributed by atoms with Crippen LogP contribution in [0.5, 0.6) is 0 Å². The van der Waals surface area contributed by atoms with Crippen molar-refractivity contribution in [1.82, 2.24) is 5.32 Å². The summed E-state index contributed by atoms with van der Waals surface area (Å²) in [4.78, 5) is 14.3. The van der Waals surface area contributed by atoms with Crippen LogP contribution in [-0.2, 0) is 19.6 Å². The number of rotatable bonds is 6. The van der Waals surface area contributed by atoms with Crippen molar-refractivity contribution < 1.29 is 17.9 Å². The van der Waals surface area contributed by atoms with E-state index in [1.165, 1.54) is 10.6 Å². The Balaban J connectivity index is 2.24. The fraction of sp³-hybridized carbons (Fsp3) is 0.611. The first kappa shape index (κ1) is 20.5. The molecular weight excluding hydrogens is 354 g/mol. The van der Waals surface area contributed by atoms with Crippen molar-refractivity contribution in [3.05, 3.63) is 24.3 Å². The number of sulfonamides is 1. The highest BCUT2D eigenvalue weighted by atomic mass is 32.2. The molecule has 0 spiro atoms. The molecule has 1 fully saturated rings. The van der Waals surface area contributed by atoms with Gasteiger partial charge in [0.25, 0.3) is 0 Å². The molecule has 8 heteroatoms. The first-order valence-corrected chi connectivity index (χ1v) is 10.6. The molecular formula is C18H29N3O4S. The zero-order chi connectivity index (χ0) is 19.4. The van der Waals surface area contributed by atoms with Crippen molar-refractivity contribution >= 4 is 27.3 Å². The van der Waals surface area contributed by atoms with Crippen LogP contribution in [0, 0.1) is 0 Å². The molecule has 0 saturated carbocycles. The van der Waals surface area contributed by atoms with Crippen molar-refractivity contribution in [1.29, 1.82) is 0 Å². The van der Waals surface area contributed by atoms with E-state index in [2.05, 4.69) is 10.2 Å².